The maximum absolute atomic E-state index is 6.65. The monoisotopic (exact) mass is 330 g/mol. The average Bonchev–Trinajstić information content (AvgIpc) is 3.18. The van der Waals surface area contributed by atoms with Crippen LogP contribution >= 0.6 is 0 Å². The highest BCUT2D eigenvalue weighted by Crippen LogP contribution is 2.73. The van der Waals surface area contributed by atoms with Gasteiger partial charge in [-0.2, -0.15) is 0 Å². The zero-order valence-corrected chi connectivity index (χ0v) is 14.3. The van der Waals surface area contributed by atoms with Gasteiger partial charge in [-0.15, -0.1) is 0 Å². The molecule has 1 spiro atoms. The van der Waals surface area contributed by atoms with E-state index < -0.39 is 11.2 Å². The SMILES string of the molecule is C=C1OC2(c3ccccc3)C=COC1(c1ccccc1)C21CCCC1. The third kappa shape index (κ3) is 1.60. The lowest BCUT2D eigenvalue weighted by molar-refractivity contribution is -0.107. The van der Waals surface area contributed by atoms with E-state index in [1.54, 1.807) is 0 Å². The topological polar surface area (TPSA) is 18.5 Å². The van der Waals surface area contributed by atoms with E-state index >= 15 is 0 Å². The molecule has 0 amide bonds. The predicted molar refractivity (Wildman–Crippen MR) is 97.6 cm³/mol. The number of rotatable bonds is 2. The predicted octanol–water partition coefficient (Wildman–Crippen LogP) is 5.43. The molecular formula is C23H22O2. The summed E-state index contributed by atoms with van der Waals surface area (Å²) in [4.78, 5) is 0. The van der Waals surface area contributed by atoms with Crippen LogP contribution in [0.25, 0.3) is 0 Å². The Morgan fingerprint density at radius 1 is 0.800 bits per heavy atom. The van der Waals surface area contributed by atoms with Gasteiger partial charge in [0.25, 0.3) is 0 Å². The van der Waals surface area contributed by atoms with Crippen LogP contribution in [0.5, 0.6) is 0 Å². The molecule has 2 fully saturated rings. The molecule has 1 saturated carbocycles. The maximum Gasteiger partial charge on any atom is 0.199 e. The van der Waals surface area contributed by atoms with Gasteiger partial charge in [-0.05, 0) is 18.9 Å². The van der Waals surface area contributed by atoms with Crippen molar-refractivity contribution in [1.82, 2.24) is 0 Å². The largest absolute Gasteiger partial charge is 0.482 e. The molecule has 2 aromatic rings. The van der Waals surface area contributed by atoms with Gasteiger partial charge in [0.15, 0.2) is 11.2 Å². The van der Waals surface area contributed by atoms with E-state index in [0.29, 0.717) is 0 Å². The van der Waals surface area contributed by atoms with Gasteiger partial charge in [-0.3, -0.25) is 0 Å². The lowest BCUT2D eigenvalue weighted by Gasteiger charge is -2.49. The summed E-state index contributed by atoms with van der Waals surface area (Å²) in [6, 6.07) is 21.1. The number of hydrogen-bond donors (Lipinski definition) is 0. The molecule has 2 aliphatic heterocycles. The van der Waals surface area contributed by atoms with Crippen LogP contribution < -0.4 is 0 Å². The van der Waals surface area contributed by atoms with Gasteiger partial charge in [-0.1, -0.05) is 80.1 Å². The van der Waals surface area contributed by atoms with Crippen LogP contribution in [-0.2, 0) is 20.7 Å². The number of hydrogen-bond acceptors (Lipinski definition) is 2. The Labute approximate surface area is 148 Å². The highest BCUT2D eigenvalue weighted by Gasteiger charge is 2.75. The summed E-state index contributed by atoms with van der Waals surface area (Å²) in [7, 11) is 0. The molecule has 2 nitrogen and oxygen atoms in total. The van der Waals surface area contributed by atoms with Crippen LogP contribution in [-0.4, -0.2) is 0 Å². The van der Waals surface area contributed by atoms with E-state index in [4.69, 9.17) is 9.47 Å². The quantitative estimate of drug-likeness (QED) is 0.731. The summed E-state index contributed by atoms with van der Waals surface area (Å²) in [5.74, 6) is 0.731. The Morgan fingerprint density at radius 2 is 1.40 bits per heavy atom. The van der Waals surface area contributed by atoms with E-state index in [-0.39, 0.29) is 5.41 Å². The second-order valence-corrected chi connectivity index (χ2v) is 7.38. The second-order valence-electron chi connectivity index (χ2n) is 7.38. The molecule has 0 N–H and O–H groups in total. The van der Waals surface area contributed by atoms with Crippen molar-refractivity contribution in [2.45, 2.75) is 36.9 Å². The zero-order valence-electron chi connectivity index (χ0n) is 14.3. The third-order valence-corrected chi connectivity index (χ3v) is 6.45. The zero-order chi connectivity index (χ0) is 17.0. The minimum atomic E-state index is -0.616. The molecule has 25 heavy (non-hydrogen) atoms. The van der Waals surface area contributed by atoms with Crippen LogP contribution in [0, 0.1) is 5.41 Å². The van der Waals surface area contributed by atoms with Crippen LogP contribution in [0.1, 0.15) is 36.8 Å². The Balaban J connectivity index is 1.82. The number of ether oxygens (including phenoxy) is 2. The molecule has 1 saturated heterocycles. The van der Waals surface area contributed by atoms with Crippen molar-refractivity contribution in [3.63, 3.8) is 0 Å². The van der Waals surface area contributed by atoms with Gasteiger partial charge in [0.1, 0.15) is 5.76 Å². The average molecular weight is 330 g/mol. The summed E-state index contributed by atoms with van der Waals surface area (Å²) in [6.07, 6.45) is 8.48. The highest BCUT2D eigenvalue weighted by atomic mass is 16.6. The first-order chi connectivity index (χ1) is 12.3. The van der Waals surface area contributed by atoms with Crippen LogP contribution in [0.15, 0.2) is 85.3 Å². The summed E-state index contributed by atoms with van der Waals surface area (Å²) >= 11 is 0. The van der Waals surface area contributed by atoms with E-state index in [1.165, 1.54) is 18.4 Å². The molecule has 2 aromatic carbocycles. The Morgan fingerprint density at radius 3 is 2.04 bits per heavy atom. The number of benzene rings is 2. The second kappa shape index (κ2) is 5.01. The Bertz CT molecular complexity index is 833. The molecule has 0 aromatic heterocycles. The van der Waals surface area contributed by atoms with Gasteiger partial charge in [0.2, 0.25) is 0 Å². The summed E-state index contributed by atoms with van der Waals surface area (Å²) in [5.41, 5.74) is 1.05. The first-order valence-corrected chi connectivity index (χ1v) is 9.10. The van der Waals surface area contributed by atoms with Gasteiger partial charge >= 0.3 is 0 Å². The summed E-state index contributed by atoms with van der Waals surface area (Å²) in [6.45, 7) is 4.35. The van der Waals surface area contributed by atoms with Gasteiger partial charge < -0.3 is 9.47 Å². The smallest absolute Gasteiger partial charge is 0.199 e. The van der Waals surface area contributed by atoms with Crippen molar-refractivity contribution in [2.24, 2.45) is 5.41 Å². The molecule has 0 radical (unpaired) electrons. The van der Waals surface area contributed by atoms with E-state index in [9.17, 15) is 0 Å². The third-order valence-electron chi connectivity index (χ3n) is 6.45. The molecule has 5 rings (SSSR count). The van der Waals surface area contributed by atoms with Crippen molar-refractivity contribution >= 4 is 0 Å². The summed E-state index contributed by atoms with van der Waals surface area (Å²) < 4.78 is 13.1. The maximum atomic E-state index is 6.65. The van der Waals surface area contributed by atoms with E-state index in [1.807, 2.05) is 12.3 Å². The lowest BCUT2D eigenvalue weighted by Crippen LogP contribution is -2.53. The van der Waals surface area contributed by atoms with Crippen LogP contribution in [0.4, 0.5) is 0 Å². The molecule has 1 aliphatic carbocycles. The molecule has 2 unspecified atom stereocenters. The molecular weight excluding hydrogens is 308 g/mol. The molecule has 2 atom stereocenters. The van der Waals surface area contributed by atoms with Crippen LogP contribution in [0.3, 0.4) is 0 Å². The van der Waals surface area contributed by atoms with Crippen molar-refractivity contribution in [1.29, 1.82) is 0 Å². The normalized spacial score (nSPS) is 31.8. The minimum absolute atomic E-state index is 0.158. The van der Waals surface area contributed by atoms with Gasteiger partial charge in [0, 0.05) is 11.1 Å². The first-order valence-electron chi connectivity index (χ1n) is 9.10. The fourth-order valence-electron chi connectivity index (χ4n) is 5.49. The molecule has 126 valence electrons. The molecule has 2 heterocycles. The van der Waals surface area contributed by atoms with Crippen LogP contribution in [0.2, 0.25) is 0 Å². The fourth-order valence-corrected chi connectivity index (χ4v) is 5.49. The highest BCUT2D eigenvalue weighted by molar-refractivity contribution is 5.48. The van der Waals surface area contributed by atoms with E-state index in [0.717, 1.165) is 24.2 Å². The minimum Gasteiger partial charge on any atom is -0.482 e. The molecule has 3 aliphatic rings. The Kier molecular flexibility index (Phi) is 2.97. The standard InChI is InChI=1S/C23H22O2/c1-18-23(20-12-6-3-7-13-20)21(14-8-9-15-21)22(25-18,16-17-24-23)19-10-4-2-5-11-19/h2-7,10-13,16-17H,1,8-9,14-15H2. The van der Waals surface area contributed by atoms with Crippen molar-refractivity contribution < 1.29 is 9.47 Å². The van der Waals surface area contributed by atoms with E-state index in [2.05, 4.69) is 67.3 Å². The molecule has 2 heteroatoms. The van der Waals surface area contributed by atoms with Crippen molar-refractivity contribution in [3.05, 3.63) is 96.5 Å². The molecule has 2 bridgehead atoms. The van der Waals surface area contributed by atoms with Gasteiger partial charge in [0.05, 0.1) is 11.7 Å². The van der Waals surface area contributed by atoms with Crippen molar-refractivity contribution in [3.8, 4) is 0 Å². The first kappa shape index (κ1) is 14.8. The Hall–Kier alpha value is -2.48. The van der Waals surface area contributed by atoms with Gasteiger partial charge in [-0.25, -0.2) is 0 Å². The fraction of sp³-hybridized carbons (Fsp3) is 0.304. The van der Waals surface area contributed by atoms with Crippen molar-refractivity contribution in [2.75, 3.05) is 0 Å². The summed E-state index contributed by atoms with van der Waals surface area (Å²) in [5, 5.41) is 0. The lowest BCUT2D eigenvalue weighted by atomic mass is 9.57.